The maximum atomic E-state index is 13.9. The molecule has 3 aromatic rings. The second-order valence-electron chi connectivity index (χ2n) is 8.30. The van der Waals surface area contributed by atoms with E-state index in [4.69, 9.17) is 0 Å². The molecule has 180 valence electrons. The number of aliphatic hydroxyl groups excluding tert-OH is 1. The molecule has 0 heterocycles. The van der Waals surface area contributed by atoms with Crippen LogP contribution in [0.4, 0.5) is 13.2 Å². The Morgan fingerprint density at radius 1 is 0.912 bits per heavy atom. The van der Waals surface area contributed by atoms with Gasteiger partial charge in [0.15, 0.2) is 0 Å². The standard InChI is InChI=1S/C27H29F3N2O2/c1-2-18-6-5-7-19(10-18)16-31-17-26(33)25(13-20-11-22(28)15-23(29)12-20)32-27(34)14-21-8-3-4-9-24(21)30/h3-12,15,25-26,31,33H,2,13-14,16-17H2,1H3,(H,32,34)/t25-,26+/m0/s1. The number of aryl methyl sites for hydroxylation is 1. The lowest BCUT2D eigenvalue weighted by Crippen LogP contribution is -2.49. The van der Waals surface area contributed by atoms with Gasteiger partial charge in [0, 0.05) is 19.2 Å². The van der Waals surface area contributed by atoms with Gasteiger partial charge in [-0.05, 0) is 53.3 Å². The number of halogens is 3. The van der Waals surface area contributed by atoms with Gasteiger partial charge in [-0.15, -0.1) is 0 Å². The predicted octanol–water partition coefficient (Wildman–Crippen LogP) is 4.09. The number of hydrogen-bond acceptors (Lipinski definition) is 3. The molecule has 0 radical (unpaired) electrons. The Morgan fingerprint density at radius 3 is 2.32 bits per heavy atom. The van der Waals surface area contributed by atoms with Gasteiger partial charge in [0.05, 0.1) is 18.6 Å². The highest BCUT2D eigenvalue weighted by atomic mass is 19.1. The molecule has 4 nitrogen and oxygen atoms in total. The van der Waals surface area contributed by atoms with E-state index < -0.39 is 35.5 Å². The number of nitrogens with one attached hydrogen (secondary N) is 2. The predicted molar refractivity (Wildman–Crippen MR) is 126 cm³/mol. The monoisotopic (exact) mass is 470 g/mol. The first kappa shape index (κ1) is 25.5. The van der Waals surface area contributed by atoms with Gasteiger partial charge >= 0.3 is 0 Å². The lowest BCUT2D eigenvalue weighted by Gasteiger charge is -2.25. The van der Waals surface area contributed by atoms with Crippen molar-refractivity contribution in [2.75, 3.05) is 6.54 Å². The van der Waals surface area contributed by atoms with Gasteiger partial charge in [0.2, 0.25) is 5.91 Å². The quantitative estimate of drug-likeness (QED) is 0.396. The highest BCUT2D eigenvalue weighted by Gasteiger charge is 2.23. The van der Waals surface area contributed by atoms with Gasteiger partial charge < -0.3 is 15.7 Å². The van der Waals surface area contributed by atoms with Crippen LogP contribution in [0.5, 0.6) is 0 Å². The molecule has 34 heavy (non-hydrogen) atoms. The maximum absolute atomic E-state index is 13.9. The van der Waals surface area contributed by atoms with Crippen LogP contribution in [-0.4, -0.2) is 29.7 Å². The molecule has 2 atom stereocenters. The van der Waals surface area contributed by atoms with E-state index in [1.165, 1.54) is 23.8 Å². The van der Waals surface area contributed by atoms with Crippen LogP contribution in [0.3, 0.4) is 0 Å². The van der Waals surface area contributed by atoms with Crippen LogP contribution >= 0.6 is 0 Å². The molecule has 3 aromatic carbocycles. The first-order valence-electron chi connectivity index (χ1n) is 11.3. The van der Waals surface area contributed by atoms with Crippen LogP contribution in [0.25, 0.3) is 0 Å². The summed E-state index contributed by atoms with van der Waals surface area (Å²) in [4.78, 5) is 12.6. The molecule has 1 amide bonds. The summed E-state index contributed by atoms with van der Waals surface area (Å²) in [6.45, 7) is 2.72. The molecule has 0 aliphatic heterocycles. The van der Waals surface area contributed by atoms with Crippen LogP contribution in [-0.2, 0) is 30.6 Å². The Hall–Kier alpha value is -3.16. The van der Waals surface area contributed by atoms with Crippen molar-refractivity contribution in [3.63, 3.8) is 0 Å². The third-order valence-electron chi connectivity index (χ3n) is 5.58. The van der Waals surface area contributed by atoms with Crippen molar-refractivity contribution in [3.05, 3.63) is 106 Å². The molecule has 0 aromatic heterocycles. The Balaban J connectivity index is 1.67. The molecule has 0 saturated heterocycles. The highest BCUT2D eigenvalue weighted by Crippen LogP contribution is 2.13. The Bertz CT molecular complexity index is 1090. The van der Waals surface area contributed by atoms with E-state index in [0.29, 0.717) is 12.1 Å². The van der Waals surface area contributed by atoms with Gasteiger partial charge in [-0.2, -0.15) is 0 Å². The second-order valence-corrected chi connectivity index (χ2v) is 8.30. The summed E-state index contributed by atoms with van der Waals surface area (Å²) in [5.74, 6) is -2.48. The van der Waals surface area contributed by atoms with Crippen molar-refractivity contribution in [1.29, 1.82) is 0 Å². The third-order valence-corrected chi connectivity index (χ3v) is 5.58. The van der Waals surface area contributed by atoms with Crippen molar-refractivity contribution in [2.45, 2.75) is 44.9 Å². The highest BCUT2D eigenvalue weighted by molar-refractivity contribution is 5.79. The van der Waals surface area contributed by atoms with Crippen LogP contribution in [0.2, 0.25) is 0 Å². The minimum Gasteiger partial charge on any atom is -0.390 e. The number of rotatable bonds is 11. The minimum atomic E-state index is -1.05. The molecule has 3 rings (SSSR count). The summed E-state index contributed by atoms with van der Waals surface area (Å²) in [5.41, 5.74) is 2.77. The van der Waals surface area contributed by atoms with Crippen molar-refractivity contribution in [2.24, 2.45) is 0 Å². The maximum Gasteiger partial charge on any atom is 0.224 e. The van der Waals surface area contributed by atoms with Gasteiger partial charge in [-0.1, -0.05) is 49.4 Å². The normalized spacial score (nSPS) is 12.9. The van der Waals surface area contributed by atoms with E-state index in [1.807, 2.05) is 18.2 Å². The molecule has 0 unspecified atom stereocenters. The van der Waals surface area contributed by atoms with Crippen LogP contribution < -0.4 is 10.6 Å². The Labute approximate surface area is 197 Å². The number of carbonyl (C=O) groups is 1. The fourth-order valence-electron chi connectivity index (χ4n) is 3.80. The molecular formula is C27H29F3N2O2. The van der Waals surface area contributed by atoms with Gasteiger partial charge in [-0.3, -0.25) is 4.79 Å². The molecule has 3 N–H and O–H groups in total. The molecule has 0 spiro atoms. The molecule has 0 fully saturated rings. The average molecular weight is 471 g/mol. The zero-order valence-corrected chi connectivity index (χ0v) is 19.0. The third kappa shape index (κ3) is 7.71. The number of aliphatic hydroxyl groups is 1. The average Bonchev–Trinajstić information content (AvgIpc) is 2.79. The van der Waals surface area contributed by atoms with Crippen molar-refractivity contribution >= 4 is 5.91 Å². The van der Waals surface area contributed by atoms with E-state index in [2.05, 4.69) is 23.6 Å². The summed E-state index contributed by atoms with van der Waals surface area (Å²) >= 11 is 0. The minimum absolute atomic E-state index is 0.00581. The van der Waals surface area contributed by atoms with E-state index in [9.17, 15) is 23.1 Å². The fraction of sp³-hybridized carbons (Fsp3) is 0.296. The van der Waals surface area contributed by atoms with Crippen molar-refractivity contribution in [3.8, 4) is 0 Å². The topological polar surface area (TPSA) is 61.4 Å². The summed E-state index contributed by atoms with van der Waals surface area (Å²) in [7, 11) is 0. The number of hydrogen-bond donors (Lipinski definition) is 3. The van der Waals surface area contributed by atoms with E-state index in [1.54, 1.807) is 6.07 Å². The van der Waals surface area contributed by atoms with Crippen molar-refractivity contribution in [1.82, 2.24) is 10.6 Å². The largest absolute Gasteiger partial charge is 0.390 e. The van der Waals surface area contributed by atoms with Crippen LogP contribution in [0.15, 0.2) is 66.7 Å². The number of benzene rings is 3. The summed E-state index contributed by atoms with van der Waals surface area (Å²) in [5, 5.41) is 16.7. The molecule has 0 saturated carbocycles. The lowest BCUT2D eigenvalue weighted by atomic mass is 10.00. The van der Waals surface area contributed by atoms with E-state index >= 15 is 0 Å². The molecule has 0 aliphatic carbocycles. The molecule has 0 aliphatic rings. The summed E-state index contributed by atoms with van der Waals surface area (Å²) in [6, 6.07) is 16.2. The van der Waals surface area contributed by atoms with Crippen molar-refractivity contribution < 1.29 is 23.1 Å². The lowest BCUT2D eigenvalue weighted by molar-refractivity contribution is -0.122. The number of amides is 1. The SMILES string of the molecule is CCc1cccc(CNC[C@@H](O)[C@H](Cc2cc(F)cc(F)c2)NC(=O)Cc2ccccc2F)c1. The van der Waals surface area contributed by atoms with Crippen LogP contribution in [0.1, 0.15) is 29.2 Å². The first-order valence-corrected chi connectivity index (χ1v) is 11.3. The number of carbonyl (C=O) groups excluding carboxylic acids is 1. The Morgan fingerprint density at radius 2 is 1.62 bits per heavy atom. The Kier molecular flexibility index (Phi) is 9.24. The second kappa shape index (κ2) is 12.3. The summed E-state index contributed by atoms with van der Waals surface area (Å²) < 4.78 is 41.3. The molecule has 0 bridgehead atoms. The fourth-order valence-corrected chi connectivity index (χ4v) is 3.80. The van der Waals surface area contributed by atoms with E-state index in [-0.39, 0.29) is 24.9 Å². The van der Waals surface area contributed by atoms with Gasteiger partial charge in [-0.25, -0.2) is 13.2 Å². The zero-order valence-electron chi connectivity index (χ0n) is 19.0. The summed E-state index contributed by atoms with van der Waals surface area (Å²) in [6.07, 6.45) is -0.349. The van der Waals surface area contributed by atoms with E-state index in [0.717, 1.165) is 30.2 Å². The van der Waals surface area contributed by atoms with Gasteiger partial charge in [0.1, 0.15) is 17.5 Å². The zero-order chi connectivity index (χ0) is 24.5. The smallest absolute Gasteiger partial charge is 0.224 e. The molecule has 7 heteroatoms. The molecular weight excluding hydrogens is 441 g/mol. The van der Waals surface area contributed by atoms with Gasteiger partial charge in [0.25, 0.3) is 0 Å². The first-order chi connectivity index (χ1) is 16.3. The van der Waals surface area contributed by atoms with Crippen LogP contribution in [0, 0.1) is 17.5 Å².